The van der Waals surface area contributed by atoms with Crippen LogP contribution in [0.2, 0.25) is 0 Å². The summed E-state index contributed by atoms with van der Waals surface area (Å²) in [5, 5.41) is 34.9. The molecule has 6 heteroatoms. The fourth-order valence-electron chi connectivity index (χ4n) is 18.5. The maximum absolute atomic E-state index is 13.4. The fourth-order valence-corrected chi connectivity index (χ4v) is 18.5. The lowest BCUT2D eigenvalue weighted by atomic mass is 9.67. The first-order valence-corrected chi connectivity index (χ1v) is 34.2. The van der Waals surface area contributed by atoms with E-state index in [4.69, 9.17) is 0 Å². The Labute approximate surface area is 575 Å². The number of rotatable bonds is 8. The average molecular weight is 1270 g/mol. The summed E-state index contributed by atoms with van der Waals surface area (Å²) in [7, 11) is 0. The van der Waals surface area contributed by atoms with Gasteiger partial charge in [-0.25, -0.2) is 0 Å². The lowest BCUT2D eigenvalue weighted by Crippen LogP contribution is -2.28. The van der Waals surface area contributed by atoms with Gasteiger partial charge in [0.05, 0.1) is 77.7 Å². The number of aromatic nitrogens is 4. The minimum atomic E-state index is -0.768. The molecule has 0 atom stereocenters. The van der Waals surface area contributed by atoms with E-state index in [0.29, 0.717) is 33.9 Å². The van der Waals surface area contributed by atoms with Crippen LogP contribution in [0.3, 0.4) is 0 Å². The molecule has 0 radical (unpaired) electrons. The van der Waals surface area contributed by atoms with Crippen molar-refractivity contribution in [1.29, 1.82) is 10.5 Å². The van der Waals surface area contributed by atoms with Gasteiger partial charge < -0.3 is 18.3 Å². The zero-order valence-electron chi connectivity index (χ0n) is 54.0. The summed E-state index contributed by atoms with van der Waals surface area (Å²) in [6.07, 6.45) is 0. The van der Waals surface area contributed by atoms with Gasteiger partial charge in [0, 0.05) is 54.2 Å². The highest BCUT2D eigenvalue weighted by Gasteiger charge is 2.50. The molecule has 0 saturated heterocycles. The van der Waals surface area contributed by atoms with Crippen LogP contribution in [-0.2, 0) is 10.8 Å². The van der Waals surface area contributed by atoms with Gasteiger partial charge in [0.25, 0.3) is 0 Å². The maximum Gasteiger partial charge on any atom is 0.104 e. The number of hydrogen-bond acceptors (Lipinski definition) is 2. The second kappa shape index (κ2) is 21.0. The molecule has 21 rings (SSSR count). The molecule has 2 aliphatic carbocycles. The lowest BCUT2D eigenvalue weighted by Gasteiger charge is -2.34. The van der Waals surface area contributed by atoms with Gasteiger partial charge >= 0.3 is 0 Å². The molecule has 4 aromatic heterocycles. The Hall–Kier alpha value is -13.5. The van der Waals surface area contributed by atoms with Crippen LogP contribution in [0, 0.1) is 22.7 Å². The topological polar surface area (TPSA) is 67.3 Å². The van der Waals surface area contributed by atoms with E-state index in [1.807, 2.05) is 0 Å². The quantitative estimate of drug-likeness (QED) is 0.152. The third-order valence-electron chi connectivity index (χ3n) is 22.2. The normalized spacial score (nSPS) is 13.3. The molecule has 0 fully saturated rings. The lowest BCUT2D eigenvalue weighted by molar-refractivity contribution is 0.769. The van der Waals surface area contributed by atoms with Crippen molar-refractivity contribution in [3.63, 3.8) is 0 Å². The van der Waals surface area contributed by atoms with Crippen LogP contribution in [0.4, 0.5) is 0 Å². The second-order valence-electron chi connectivity index (χ2n) is 26.6. The number of hydrogen-bond donors (Lipinski definition) is 0. The largest absolute Gasteiger partial charge is 0.306 e. The Morgan fingerprint density at radius 1 is 0.210 bits per heavy atom. The SMILES string of the molecule is N#Cc1c(-n2c3ccccc3c3ccccc32)c(C#N)c(-n2c3ccccc3c3ccc4c(c32)-c2ccccc2C4(c2ccccc2)c2ccccc2)c(-n2c3ccccc3c3ccccc32)c1-n1c2ccccc2c2ccc3c(c21)-c1ccccc1C3(c1ccccc1)c1ccccc1. The predicted molar refractivity (Wildman–Crippen MR) is 408 cm³/mol. The van der Waals surface area contributed by atoms with E-state index in [2.05, 4.69) is 370 Å². The Bertz CT molecular complexity index is 6310. The highest BCUT2D eigenvalue weighted by Crippen LogP contribution is 2.62. The summed E-state index contributed by atoms with van der Waals surface area (Å²) >= 11 is 0. The first-order valence-electron chi connectivity index (χ1n) is 34.2. The molecule has 462 valence electrons. The summed E-state index contributed by atoms with van der Waals surface area (Å²) < 4.78 is 9.54. The van der Waals surface area contributed by atoms with Crippen molar-refractivity contribution < 1.29 is 0 Å². The first-order chi connectivity index (χ1) is 49.6. The van der Waals surface area contributed by atoms with Crippen molar-refractivity contribution in [2.75, 3.05) is 0 Å². The number of para-hydroxylation sites is 6. The number of benzene rings is 15. The van der Waals surface area contributed by atoms with E-state index in [1.54, 1.807) is 0 Å². The molecule has 0 spiro atoms. The van der Waals surface area contributed by atoms with Crippen LogP contribution in [0.5, 0.6) is 0 Å². The Kier molecular flexibility index (Phi) is 11.7. The van der Waals surface area contributed by atoms with Crippen LogP contribution >= 0.6 is 0 Å². The highest BCUT2D eigenvalue weighted by atomic mass is 15.1. The summed E-state index contributed by atoms with van der Waals surface area (Å²) in [5.74, 6) is 0. The molecule has 2 aliphatic rings. The van der Waals surface area contributed by atoms with Crippen molar-refractivity contribution >= 4 is 87.2 Å². The number of nitrogens with zero attached hydrogens (tertiary/aromatic N) is 6. The zero-order chi connectivity index (χ0) is 66.0. The van der Waals surface area contributed by atoms with Gasteiger partial charge in [-0.15, -0.1) is 0 Å². The van der Waals surface area contributed by atoms with E-state index in [9.17, 15) is 10.5 Å². The fraction of sp³-hybridized carbons (Fsp3) is 0.0213. The average Bonchev–Trinajstić information content (AvgIpc) is 1.50. The minimum absolute atomic E-state index is 0.344. The smallest absolute Gasteiger partial charge is 0.104 e. The van der Waals surface area contributed by atoms with Crippen molar-refractivity contribution in [2.45, 2.75) is 10.8 Å². The van der Waals surface area contributed by atoms with Gasteiger partial charge in [-0.3, -0.25) is 0 Å². The third-order valence-corrected chi connectivity index (χ3v) is 22.2. The van der Waals surface area contributed by atoms with Gasteiger partial charge in [-0.1, -0.05) is 303 Å². The summed E-state index contributed by atoms with van der Waals surface area (Å²) in [6.45, 7) is 0. The van der Waals surface area contributed by atoms with Crippen LogP contribution in [0.25, 0.3) is 132 Å². The van der Waals surface area contributed by atoms with Gasteiger partial charge in [0.2, 0.25) is 0 Å². The molecular weight excluding hydrogens is 1210 g/mol. The van der Waals surface area contributed by atoms with Crippen LogP contribution < -0.4 is 0 Å². The summed E-state index contributed by atoms with van der Waals surface area (Å²) in [6, 6.07) is 129. The van der Waals surface area contributed by atoms with Crippen LogP contribution in [0.1, 0.15) is 55.6 Å². The van der Waals surface area contributed by atoms with E-state index in [-0.39, 0.29) is 0 Å². The van der Waals surface area contributed by atoms with Gasteiger partial charge in [-0.05, 0) is 92.0 Å². The van der Waals surface area contributed by atoms with Crippen molar-refractivity contribution in [1.82, 2.24) is 18.3 Å². The molecule has 4 heterocycles. The Morgan fingerprint density at radius 3 is 0.790 bits per heavy atom. The number of fused-ring (bicyclic) bond motifs is 20. The molecule has 0 unspecified atom stereocenters. The zero-order valence-corrected chi connectivity index (χ0v) is 54.0. The molecule has 19 aromatic rings. The Balaban J connectivity index is 1.06. The van der Waals surface area contributed by atoms with Crippen molar-refractivity contribution in [3.05, 3.63) is 395 Å². The molecule has 0 N–H and O–H groups in total. The molecule has 0 amide bonds. The standard InChI is InChI=1S/C94H56N6/c95-57-73-87(97-79-47-23-15-37-63(79)64-38-16-24-48-80(64)97)74(58-96)91(100-84-52-28-20-42-68(84)70-54-56-78-86(89(70)100)72-44-14-22-46-76(72)94(78,61-33-9-3-10-34-61)62-35-11-4-12-36-62)92(98-81-49-25-17-39-65(81)66-40-18-26-50-82(66)98)90(73)99-83-51-27-19-41-67(83)69-53-55-77-85(88(69)99)71-43-13-21-45-75(71)93(77,59-29-5-1-6-30-59)60-31-7-2-8-32-60/h1-56H. The van der Waals surface area contributed by atoms with E-state index < -0.39 is 10.8 Å². The van der Waals surface area contributed by atoms with Crippen molar-refractivity contribution in [3.8, 4) is 57.1 Å². The van der Waals surface area contributed by atoms with Gasteiger partial charge in [0.15, 0.2) is 0 Å². The minimum Gasteiger partial charge on any atom is -0.306 e. The second-order valence-corrected chi connectivity index (χ2v) is 26.6. The van der Waals surface area contributed by atoms with E-state index in [0.717, 1.165) is 143 Å². The van der Waals surface area contributed by atoms with Gasteiger partial charge in [0.1, 0.15) is 23.3 Å². The molecule has 0 aliphatic heterocycles. The molecule has 6 nitrogen and oxygen atoms in total. The molecule has 100 heavy (non-hydrogen) atoms. The Morgan fingerprint density at radius 2 is 0.470 bits per heavy atom. The highest BCUT2D eigenvalue weighted by molar-refractivity contribution is 6.21. The first kappa shape index (κ1) is 55.7. The van der Waals surface area contributed by atoms with E-state index >= 15 is 0 Å². The van der Waals surface area contributed by atoms with Crippen LogP contribution in [-0.4, -0.2) is 18.3 Å². The predicted octanol–water partition coefficient (Wildman–Crippen LogP) is 22.5. The van der Waals surface area contributed by atoms with Crippen molar-refractivity contribution in [2.24, 2.45) is 0 Å². The molecular formula is C94H56N6. The summed E-state index contributed by atoms with van der Waals surface area (Å²) in [5.41, 5.74) is 22.5. The molecule has 15 aromatic carbocycles. The van der Waals surface area contributed by atoms with Crippen LogP contribution in [0.15, 0.2) is 340 Å². The van der Waals surface area contributed by atoms with Gasteiger partial charge in [-0.2, -0.15) is 10.5 Å². The monoisotopic (exact) mass is 1270 g/mol. The maximum atomic E-state index is 13.4. The molecule has 0 saturated carbocycles. The third kappa shape index (κ3) is 7.07. The van der Waals surface area contributed by atoms with E-state index in [1.165, 1.54) is 11.1 Å². The number of nitriles is 2. The summed E-state index contributed by atoms with van der Waals surface area (Å²) in [4.78, 5) is 0. The molecule has 0 bridgehead atoms.